The Kier molecular flexibility index (Phi) is 5.08. The highest BCUT2D eigenvalue weighted by Crippen LogP contribution is 2.02. The number of rotatable bonds is 5. The van der Waals surface area contributed by atoms with Gasteiger partial charge in [-0.3, -0.25) is 9.69 Å². The van der Waals surface area contributed by atoms with Crippen LogP contribution in [0.15, 0.2) is 18.2 Å². The second kappa shape index (κ2) is 7.03. The van der Waals surface area contributed by atoms with Crippen LogP contribution < -0.4 is 16.6 Å². The molecule has 0 atom stereocenters. The van der Waals surface area contributed by atoms with Gasteiger partial charge in [0.1, 0.15) is 11.5 Å². The molecule has 4 N–H and O–H groups in total. The van der Waals surface area contributed by atoms with Gasteiger partial charge in [0.25, 0.3) is 5.91 Å². The second-order valence-electron chi connectivity index (χ2n) is 4.26. The lowest BCUT2D eigenvalue weighted by molar-refractivity contribution is 0.0383. The number of hydrogen-bond acceptors (Lipinski definition) is 6. The molecule has 0 saturated carbocycles. The van der Waals surface area contributed by atoms with Gasteiger partial charge >= 0.3 is 0 Å². The number of carbonyl (C=O) groups is 1. The van der Waals surface area contributed by atoms with Gasteiger partial charge in [0.2, 0.25) is 0 Å². The van der Waals surface area contributed by atoms with Crippen molar-refractivity contribution >= 4 is 11.7 Å². The van der Waals surface area contributed by atoms with Crippen molar-refractivity contribution in [3.8, 4) is 0 Å². The number of hydrazine groups is 1. The quantitative estimate of drug-likeness (QED) is 0.488. The van der Waals surface area contributed by atoms with Gasteiger partial charge in [-0.25, -0.2) is 10.8 Å². The Balaban J connectivity index is 1.77. The molecule has 0 radical (unpaired) electrons. The number of pyridine rings is 1. The molecular weight excluding hydrogens is 246 g/mol. The van der Waals surface area contributed by atoms with Crippen molar-refractivity contribution in [1.82, 2.24) is 15.2 Å². The molecule has 2 heterocycles. The minimum Gasteiger partial charge on any atom is -0.379 e. The largest absolute Gasteiger partial charge is 0.379 e. The van der Waals surface area contributed by atoms with Crippen molar-refractivity contribution in [1.29, 1.82) is 0 Å². The number of nitrogens with two attached hydrogens (primary N) is 1. The number of nitrogen functional groups attached to an aromatic ring is 1. The molecule has 1 aromatic rings. The van der Waals surface area contributed by atoms with Crippen LogP contribution in [0.3, 0.4) is 0 Å². The van der Waals surface area contributed by atoms with E-state index in [2.05, 4.69) is 20.6 Å². The molecule has 1 aliphatic rings. The van der Waals surface area contributed by atoms with Crippen LogP contribution in [0.1, 0.15) is 10.5 Å². The molecule has 0 aliphatic carbocycles. The van der Waals surface area contributed by atoms with Gasteiger partial charge in [-0.05, 0) is 12.1 Å². The first-order chi connectivity index (χ1) is 9.29. The highest BCUT2D eigenvalue weighted by atomic mass is 16.5. The first kappa shape index (κ1) is 13.7. The van der Waals surface area contributed by atoms with E-state index >= 15 is 0 Å². The number of anilines is 1. The number of amides is 1. The van der Waals surface area contributed by atoms with E-state index in [-0.39, 0.29) is 5.91 Å². The predicted octanol–water partition coefficient (Wildman–Crippen LogP) is -0.571. The van der Waals surface area contributed by atoms with Gasteiger partial charge in [-0.15, -0.1) is 0 Å². The van der Waals surface area contributed by atoms with Crippen molar-refractivity contribution in [3.05, 3.63) is 23.9 Å². The van der Waals surface area contributed by atoms with Crippen LogP contribution in [0.5, 0.6) is 0 Å². The monoisotopic (exact) mass is 265 g/mol. The predicted molar refractivity (Wildman–Crippen MR) is 71.6 cm³/mol. The third-order valence-corrected chi connectivity index (χ3v) is 2.95. The number of ether oxygens (including phenoxy) is 1. The summed E-state index contributed by atoms with van der Waals surface area (Å²) in [5.41, 5.74) is 2.78. The summed E-state index contributed by atoms with van der Waals surface area (Å²) in [6.07, 6.45) is 0. The summed E-state index contributed by atoms with van der Waals surface area (Å²) < 4.78 is 5.26. The second-order valence-corrected chi connectivity index (χ2v) is 4.26. The van der Waals surface area contributed by atoms with Crippen molar-refractivity contribution < 1.29 is 9.53 Å². The Morgan fingerprint density at radius 3 is 2.95 bits per heavy atom. The molecule has 1 aliphatic heterocycles. The molecule has 7 nitrogen and oxygen atoms in total. The number of hydrogen-bond donors (Lipinski definition) is 3. The van der Waals surface area contributed by atoms with Gasteiger partial charge in [0, 0.05) is 26.2 Å². The van der Waals surface area contributed by atoms with Crippen molar-refractivity contribution in [2.45, 2.75) is 0 Å². The van der Waals surface area contributed by atoms with E-state index in [4.69, 9.17) is 10.6 Å². The minimum absolute atomic E-state index is 0.189. The van der Waals surface area contributed by atoms with Crippen LogP contribution in [0.2, 0.25) is 0 Å². The number of nitrogens with one attached hydrogen (secondary N) is 2. The van der Waals surface area contributed by atoms with Crippen LogP contribution in [0.25, 0.3) is 0 Å². The highest BCUT2D eigenvalue weighted by Gasteiger charge is 2.11. The summed E-state index contributed by atoms with van der Waals surface area (Å²) in [6.45, 7) is 4.78. The Labute approximate surface area is 112 Å². The summed E-state index contributed by atoms with van der Waals surface area (Å²) in [6, 6.07) is 5.09. The summed E-state index contributed by atoms with van der Waals surface area (Å²) in [5, 5.41) is 2.85. The Morgan fingerprint density at radius 2 is 2.21 bits per heavy atom. The van der Waals surface area contributed by atoms with Crippen LogP contribution in [0, 0.1) is 0 Å². The van der Waals surface area contributed by atoms with E-state index < -0.39 is 0 Å². The molecule has 1 amide bonds. The maximum atomic E-state index is 11.9. The smallest absolute Gasteiger partial charge is 0.270 e. The van der Waals surface area contributed by atoms with E-state index in [0.29, 0.717) is 18.1 Å². The fourth-order valence-corrected chi connectivity index (χ4v) is 1.88. The SMILES string of the molecule is NNc1cccc(C(=O)NCCN2CCOCC2)n1. The molecule has 0 spiro atoms. The zero-order valence-corrected chi connectivity index (χ0v) is 10.8. The molecule has 1 fully saturated rings. The van der Waals surface area contributed by atoms with Crippen molar-refractivity contribution in [2.24, 2.45) is 5.84 Å². The summed E-state index contributed by atoms with van der Waals surface area (Å²) in [7, 11) is 0. The van der Waals surface area contributed by atoms with Gasteiger partial charge in [0.05, 0.1) is 13.2 Å². The van der Waals surface area contributed by atoms with Gasteiger partial charge < -0.3 is 15.5 Å². The molecule has 1 saturated heterocycles. The lowest BCUT2D eigenvalue weighted by atomic mass is 10.3. The molecule has 19 heavy (non-hydrogen) atoms. The Hall–Kier alpha value is -1.70. The fourth-order valence-electron chi connectivity index (χ4n) is 1.88. The van der Waals surface area contributed by atoms with Crippen LogP contribution in [0.4, 0.5) is 5.82 Å². The number of aromatic nitrogens is 1. The van der Waals surface area contributed by atoms with Gasteiger partial charge in [-0.1, -0.05) is 6.07 Å². The molecular formula is C12H19N5O2. The summed E-state index contributed by atoms with van der Waals surface area (Å²) in [5.74, 6) is 5.54. The molecule has 1 aromatic heterocycles. The van der Waals surface area contributed by atoms with E-state index in [9.17, 15) is 4.79 Å². The van der Waals surface area contributed by atoms with Gasteiger partial charge in [0.15, 0.2) is 0 Å². The zero-order chi connectivity index (χ0) is 13.5. The van der Waals surface area contributed by atoms with Crippen LogP contribution in [-0.2, 0) is 4.74 Å². The van der Waals surface area contributed by atoms with E-state index in [1.54, 1.807) is 18.2 Å². The zero-order valence-electron chi connectivity index (χ0n) is 10.8. The Bertz CT molecular complexity index is 420. The molecule has 2 rings (SSSR count). The van der Waals surface area contributed by atoms with Crippen molar-refractivity contribution in [2.75, 3.05) is 44.8 Å². The van der Waals surface area contributed by atoms with Gasteiger partial charge in [-0.2, -0.15) is 0 Å². The maximum absolute atomic E-state index is 11.9. The number of morpholine rings is 1. The van der Waals surface area contributed by atoms with E-state index in [1.807, 2.05) is 0 Å². The van der Waals surface area contributed by atoms with Crippen LogP contribution in [-0.4, -0.2) is 55.2 Å². The average Bonchev–Trinajstić information content (AvgIpc) is 2.48. The molecule has 0 unspecified atom stereocenters. The van der Waals surface area contributed by atoms with E-state index in [0.717, 1.165) is 32.8 Å². The van der Waals surface area contributed by atoms with Crippen LogP contribution >= 0.6 is 0 Å². The molecule has 0 bridgehead atoms. The Morgan fingerprint density at radius 1 is 1.42 bits per heavy atom. The molecule has 7 heteroatoms. The lowest BCUT2D eigenvalue weighted by Gasteiger charge is -2.26. The third kappa shape index (κ3) is 4.16. The first-order valence-corrected chi connectivity index (χ1v) is 6.31. The molecule has 104 valence electrons. The number of nitrogens with zero attached hydrogens (tertiary/aromatic N) is 2. The molecule has 0 aromatic carbocycles. The number of carbonyl (C=O) groups excluding carboxylic acids is 1. The maximum Gasteiger partial charge on any atom is 0.270 e. The minimum atomic E-state index is -0.189. The van der Waals surface area contributed by atoms with Crippen molar-refractivity contribution in [3.63, 3.8) is 0 Å². The topological polar surface area (TPSA) is 92.5 Å². The first-order valence-electron chi connectivity index (χ1n) is 6.31. The third-order valence-electron chi connectivity index (χ3n) is 2.95. The fraction of sp³-hybridized carbons (Fsp3) is 0.500. The average molecular weight is 265 g/mol. The van der Waals surface area contributed by atoms with E-state index in [1.165, 1.54) is 0 Å². The summed E-state index contributed by atoms with van der Waals surface area (Å²) >= 11 is 0. The normalized spacial score (nSPS) is 16.1. The summed E-state index contributed by atoms with van der Waals surface area (Å²) in [4.78, 5) is 18.2. The lowest BCUT2D eigenvalue weighted by Crippen LogP contribution is -2.41. The standard InChI is InChI=1S/C12H19N5O2/c13-16-11-3-1-2-10(15-11)12(18)14-4-5-17-6-8-19-9-7-17/h1-3H,4-9,13H2,(H,14,18)(H,15,16). The highest BCUT2D eigenvalue weighted by molar-refractivity contribution is 5.92.